The zero-order chi connectivity index (χ0) is 14.9. The van der Waals surface area contributed by atoms with Crippen LogP contribution in [0.25, 0.3) is 0 Å². The number of carbonyl (C=O) groups is 1. The van der Waals surface area contributed by atoms with Crippen LogP contribution in [0.4, 0.5) is 15.2 Å². The fraction of sp³-hybridized carbons (Fsp3) is 0.167. The molecule has 1 aromatic carbocycles. The Balaban J connectivity index is 2.31. The number of hydrogen-bond donors (Lipinski definition) is 1. The minimum atomic E-state index is -0.795. The van der Waals surface area contributed by atoms with E-state index in [0.717, 1.165) is 22.7 Å². The van der Waals surface area contributed by atoms with Crippen LogP contribution < -0.4 is 5.32 Å². The Morgan fingerprint density at radius 3 is 2.70 bits per heavy atom. The Morgan fingerprint density at radius 2 is 2.15 bits per heavy atom. The van der Waals surface area contributed by atoms with Gasteiger partial charge in [-0.25, -0.2) is 9.37 Å². The summed E-state index contributed by atoms with van der Waals surface area (Å²) in [7, 11) is 0. The molecule has 0 unspecified atom stereocenters. The van der Waals surface area contributed by atoms with Crippen LogP contribution in [0.15, 0.2) is 18.2 Å². The molecule has 2 rings (SSSR count). The van der Waals surface area contributed by atoms with Crippen molar-refractivity contribution in [3.8, 4) is 0 Å². The molecule has 1 N–H and O–H groups in total. The van der Waals surface area contributed by atoms with Crippen LogP contribution in [0.5, 0.6) is 0 Å². The van der Waals surface area contributed by atoms with E-state index in [2.05, 4.69) is 10.3 Å². The second-order valence-electron chi connectivity index (χ2n) is 4.03. The van der Waals surface area contributed by atoms with E-state index < -0.39 is 22.3 Å². The highest BCUT2D eigenvalue weighted by Crippen LogP contribution is 2.24. The zero-order valence-electron chi connectivity index (χ0n) is 10.6. The number of nitro benzene ring substituents is 1. The molecule has 1 heterocycles. The fourth-order valence-electron chi connectivity index (χ4n) is 1.54. The van der Waals surface area contributed by atoms with E-state index in [9.17, 15) is 19.3 Å². The maximum atomic E-state index is 13.0. The van der Waals surface area contributed by atoms with Crippen molar-refractivity contribution in [1.29, 1.82) is 0 Å². The lowest BCUT2D eigenvalue weighted by atomic mass is 10.1. The largest absolute Gasteiger partial charge is 0.298 e. The lowest BCUT2D eigenvalue weighted by Crippen LogP contribution is -2.14. The quantitative estimate of drug-likeness (QED) is 0.696. The van der Waals surface area contributed by atoms with Gasteiger partial charge in [-0.1, -0.05) is 0 Å². The highest BCUT2D eigenvalue weighted by atomic mass is 32.1. The second kappa shape index (κ2) is 5.33. The molecule has 8 heteroatoms. The first-order chi connectivity index (χ1) is 9.38. The number of carbonyl (C=O) groups excluding carboxylic acids is 1. The van der Waals surface area contributed by atoms with Crippen LogP contribution in [0.1, 0.15) is 20.9 Å². The summed E-state index contributed by atoms with van der Waals surface area (Å²) < 4.78 is 13.0. The van der Waals surface area contributed by atoms with Crippen molar-refractivity contribution in [3.63, 3.8) is 0 Å². The second-order valence-corrected chi connectivity index (χ2v) is 5.24. The van der Waals surface area contributed by atoms with Crippen molar-refractivity contribution in [3.05, 3.63) is 50.3 Å². The molecule has 0 fully saturated rings. The summed E-state index contributed by atoms with van der Waals surface area (Å²) in [5.41, 5.74) is -0.00619. The van der Waals surface area contributed by atoms with Crippen molar-refractivity contribution in [2.75, 3.05) is 5.32 Å². The van der Waals surface area contributed by atoms with Crippen LogP contribution in [-0.2, 0) is 0 Å². The summed E-state index contributed by atoms with van der Waals surface area (Å²) in [6, 6.07) is 2.80. The maximum Gasteiger partial charge on any atom is 0.285 e. The molecule has 0 saturated heterocycles. The number of aromatic nitrogens is 1. The number of nitrogens with zero attached hydrogens (tertiary/aromatic N) is 2. The molecule has 0 aliphatic heterocycles. The van der Waals surface area contributed by atoms with Gasteiger partial charge in [0.2, 0.25) is 0 Å². The van der Waals surface area contributed by atoms with Gasteiger partial charge in [0.05, 0.1) is 16.7 Å². The van der Waals surface area contributed by atoms with Crippen LogP contribution >= 0.6 is 11.3 Å². The third-order valence-electron chi connectivity index (χ3n) is 2.65. The highest BCUT2D eigenvalue weighted by molar-refractivity contribution is 7.15. The monoisotopic (exact) mass is 295 g/mol. The van der Waals surface area contributed by atoms with Gasteiger partial charge >= 0.3 is 0 Å². The number of nitrogens with one attached hydrogen (secondary N) is 1. The topological polar surface area (TPSA) is 85.1 Å². The number of thiazole rings is 1. The summed E-state index contributed by atoms with van der Waals surface area (Å²) in [6.07, 6.45) is 0. The molecular weight excluding hydrogens is 285 g/mol. The van der Waals surface area contributed by atoms with Crippen LogP contribution in [0.3, 0.4) is 0 Å². The third kappa shape index (κ3) is 2.80. The smallest absolute Gasteiger partial charge is 0.285 e. The molecule has 0 aliphatic carbocycles. The van der Waals surface area contributed by atoms with Crippen molar-refractivity contribution < 1.29 is 14.1 Å². The van der Waals surface area contributed by atoms with Gasteiger partial charge in [0.25, 0.3) is 11.6 Å². The van der Waals surface area contributed by atoms with Gasteiger partial charge in [-0.05, 0) is 26.0 Å². The van der Waals surface area contributed by atoms with E-state index >= 15 is 0 Å². The minimum absolute atomic E-state index is 0.207. The molecule has 0 bridgehead atoms. The SMILES string of the molecule is Cc1nc(NC(=O)c2ccc(F)cc2[N+](=O)[O-])sc1C. The summed E-state index contributed by atoms with van der Waals surface area (Å²) in [4.78, 5) is 27.1. The minimum Gasteiger partial charge on any atom is -0.298 e. The summed E-state index contributed by atoms with van der Waals surface area (Å²) in [6.45, 7) is 3.64. The maximum absolute atomic E-state index is 13.0. The van der Waals surface area contributed by atoms with E-state index in [4.69, 9.17) is 0 Å². The number of benzene rings is 1. The molecule has 1 amide bonds. The molecule has 0 radical (unpaired) electrons. The number of amides is 1. The fourth-order valence-corrected chi connectivity index (χ4v) is 2.35. The lowest BCUT2D eigenvalue weighted by molar-refractivity contribution is -0.385. The first kappa shape index (κ1) is 14.1. The van der Waals surface area contributed by atoms with Gasteiger partial charge in [-0.2, -0.15) is 0 Å². The van der Waals surface area contributed by atoms with Crippen molar-refractivity contribution >= 4 is 28.1 Å². The van der Waals surface area contributed by atoms with Gasteiger partial charge in [0.15, 0.2) is 5.13 Å². The molecule has 104 valence electrons. The van der Waals surface area contributed by atoms with Gasteiger partial charge < -0.3 is 0 Å². The van der Waals surface area contributed by atoms with Gasteiger partial charge in [0.1, 0.15) is 11.4 Å². The lowest BCUT2D eigenvalue weighted by Gasteiger charge is -2.03. The van der Waals surface area contributed by atoms with E-state index in [1.165, 1.54) is 11.3 Å². The molecular formula is C12H10FN3O3S. The Kier molecular flexibility index (Phi) is 3.75. The van der Waals surface area contributed by atoms with Crippen LogP contribution in [0.2, 0.25) is 0 Å². The molecule has 0 saturated carbocycles. The van der Waals surface area contributed by atoms with E-state index in [1.54, 1.807) is 6.92 Å². The summed E-state index contributed by atoms with van der Waals surface area (Å²) >= 11 is 1.27. The van der Waals surface area contributed by atoms with Crippen molar-refractivity contribution in [2.45, 2.75) is 13.8 Å². The summed E-state index contributed by atoms with van der Waals surface area (Å²) in [5.74, 6) is -1.46. The molecule has 20 heavy (non-hydrogen) atoms. The number of hydrogen-bond acceptors (Lipinski definition) is 5. The highest BCUT2D eigenvalue weighted by Gasteiger charge is 2.21. The van der Waals surface area contributed by atoms with Gasteiger partial charge in [0, 0.05) is 4.88 Å². The standard InChI is InChI=1S/C12H10FN3O3S/c1-6-7(2)20-12(14-6)15-11(17)9-4-3-8(13)5-10(9)16(18)19/h3-5H,1-2H3,(H,14,15,17). The molecule has 1 aromatic heterocycles. The van der Waals surface area contributed by atoms with Gasteiger partial charge in [-0.3, -0.25) is 20.2 Å². The van der Waals surface area contributed by atoms with Crippen LogP contribution in [0, 0.1) is 29.8 Å². The Bertz CT molecular complexity index is 680. The number of rotatable bonds is 3. The van der Waals surface area contributed by atoms with E-state index in [1.807, 2.05) is 6.92 Å². The molecule has 6 nitrogen and oxygen atoms in total. The molecule has 0 atom stereocenters. The molecule has 0 spiro atoms. The van der Waals surface area contributed by atoms with Gasteiger partial charge in [-0.15, -0.1) is 11.3 Å². The molecule has 0 aliphatic rings. The number of halogens is 1. The Morgan fingerprint density at radius 1 is 1.45 bits per heavy atom. The number of anilines is 1. The normalized spacial score (nSPS) is 10.3. The first-order valence-corrected chi connectivity index (χ1v) is 6.39. The predicted molar refractivity (Wildman–Crippen MR) is 72.6 cm³/mol. The van der Waals surface area contributed by atoms with E-state index in [0.29, 0.717) is 11.2 Å². The zero-order valence-corrected chi connectivity index (χ0v) is 11.5. The van der Waals surface area contributed by atoms with E-state index in [-0.39, 0.29) is 5.56 Å². The predicted octanol–water partition coefficient (Wildman–Crippen LogP) is 3.06. The Hall–Kier alpha value is -2.35. The summed E-state index contributed by atoms with van der Waals surface area (Å²) in [5, 5.41) is 13.7. The Labute approximate surface area is 117 Å². The molecule has 2 aromatic rings. The average molecular weight is 295 g/mol. The first-order valence-electron chi connectivity index (χ1n) is 5.58. The van der Waals surface area contributed by atoms with Crippen LogP contribution in [-0.4, -0.2) is 15.8 Å². The number of aryl methyl sites for hydroxylation is 2. The van der Waals surface area contributed by atoms with Crippen molar-refractivity contribution in [1.82, 2.24) is 4.98 Å². The third-order valence-corrected chi connectivity index (χ3v) is 3.64. The van der Waals surface area contributed by atoms with Crippen molar-refractivity contribution in [2.24, 2.45) is 0 Å². The average Bonchev–Trinajstić information content (AvgIpc) is 2.67. The number of nitro groups is 1.